The van der Waals surface area contributed by atoms with Crippen molar-refractivity contribution in [1.29, 1.82) is 0 Å². The zero-order valence-corrected chi connectivity index (χ0v) is 10.5. The molecule has 0 fully saturated rings. The van der Waals surface area contributed by atoms with Crippen LogP contribution in [0.15, 0.2) is 54.1 Å². The van der Waals surface area contributed by atoms with Crippen molar-refractivity contribution in [3.05, 3.63) is 64.7 Å². The molecule has 0 aliphatic carbocycles. The molecule has 1 rings (SSSR count). The first-order valence-electron chi connectivity index (χ1n) is 5.28. The molecule has 0 heterocycles. The number of hydrogen-bond acceptors (Lipinski definition) is 2. The summed E-state index contributed by atoms with van der Waals surface area (Å²) >= 11 is 5.73. The minimum Gasteiger partial charge on any atom is -0.477 e. The summed E-state index contributed by atoms with van der Waals surface area (Å²) in [4.78, 5) is 21.1. The summed E-state index contributed by atoms with van der Waals surface area (Å²) in [6, 6.07) is 7.14. The summed E-state index contributed by atoms with van der Waals surface area (Å²) in [7, 11) is 0. The average Bonchev–Trinajstić information content (AvgIpc) is 2.34. The topological polar surface area (TPSA) is 74.6 Å². The molecule has 0 aliphatic heterocycles. The molecule has 0 radical (unpaired) electrons. The molecule has 0 spiro atoms. The molecule has 0 aromatic heterocycles. The quantitative estimate of drug-likeness (QED) is 0.376. The SMILES string of the molecule is O=C(O)C(=CC=CC=Cc1ccc(Cl)cc1)C(=O)O. The van der Waals surface area contributed by atoms with Crippen LogP contribution in [0.5, 0.6) is 0 Å². The van der Waals surface area contributed by atoms with Crippen molar-refractivity contribution in [3.8, 4) is 0 Å². The predicted octanol–water partition coefficient (Wildman–Crippen LogP) is 3.01. The Morgan fingerprint density at radius 1 is 0.947 bits per heavy atom. The van der Waals surface area contributed by atoms with E-state index in [0.29, 0.717) is 5.02 Å². The number of halogens is 1. The second-order valence-corrected chi connectivity index (χ2v) is 3.92. The van der Waals surface area contributed by atoms with Crippen LogP contribution in [-0.2, 0) is 9.59 Å². The van der Waals surface area contributed by atoms with Crippen LogP contribution in [0.1, 0.15) is 5.56 Å². The molecule has 1 aromatic rings. The number of aliphatic carboxylic acids is 2. The largest absolute Gasteiger partial charge is 0.477 e. The van der Waals surface area contributed by atoms with Gasteiger partial charge >= 0.3 is 11.9 Å². The molecule has 0 unspecified atom stereocenters. The number of rotatable bonds is 5. The Balaban J connectivity index is 2.68. The maximum atomic E-state index is 10.5. The number of carboxylic acids is 2. The lowest BCUT2D eigenvalue weighted by molar-refractivity contribution is -0.140. The lowest BCUT2D eigenvalue weighted by Gasteiger charge is -1.92. The highest BCUT2D eigenvalue weighted by Crippen LogP contribution is 2.10. The monoisotopic (exact) mass is 278 g/mol. The molecule has 98 valence electrons. The molecule has 0 atom stereocenters. The minimum absolute atomic E-state index is 0.642. The summed E-state index contributed by atoms with van der Waals surface area (Å²) in [6.45, 7) is 0. The van der Waals surface area contributed by atoms with Gasteiger partial charge in [-0.15, -0.1) is 0 Å². The third-order valence-corrected chi connectivity index (χ3v) is 2.36. The van der Waals surface area contributed by atoms with Crippen molar-refractivity contribution >= 4 is 29.6 Å². The first-order valence-corrected chi connectivity index (χ1v) is 5.65. The van der Waals surface area contributed by atoms with Crippen LogP contribution in [0, 0.1) is 0 Å². The van der Waals surface area contributed by atoms with Crippen molar-refractivity contribution in [2.45, 2.75) is 0 Å². The van der Waals surface area contributed by atoms with Gasteiger partial charge in [-0.1, -0.05) is 48.0 Å². The Morgan fingerprint density at radius 2 is 1.53 bits per heavy atom. The van der Waals surface area contributed by atoms with Crippen LogP contribution in [0.25, 0.3) is 6.08 Å². The summed E-state index contributed by atoms with van der Waals surface area (Å²) in [5, 5.41) is 17.8. The number of hydrogen-bond donors (Lipinski definition) is 2. The molecule has 5 heteroatoms. The minimum atomic E-state index is -1.47. The van der Waals surface area contributed by atoms with Crippen LogP contribution in [-0.4, -0.2) is 22.2 Å². The summed E-state index contributed by atoms with van der Waals surface area (Å²) in [5.74, 6) is -2.95. The molecular formula is C14H11ClO4. The Kier molecular flexibility index (Phi) is 5.57. The average molecular weight is 279 g/mol. The number of carboxylic acid groups (broad SMARTS) is 2. The lowest BCUT2D eigenvalue weighted by Crippen LogP contribution is -2.10. The van der Waals surface area contributed by atoms with Crippen molar-refractivity contribution in [3.63, 3.8) is 0 Å². The fourth-order valence-corrected chi connectivity index (χ4v) is 1.32. The smallest absolute Gasteiger partial charge is 0.343 e. The van der Waals surface area contributed by atoms with Gasteiger partial charge in [0.1, 0.15) is 5.57 Å². The molecule has 0 bridgehead atoms. The Hall–Kier alpha value is -2.33. The van der Waals surface area contributed by atoms with E-state index in [9.17, 15) is 9.59 Å². The van der Waals surface area contributed by atoms with Crippen LogP contribution in [0.2, 0.25) is 5.02 Å². The van der Waals surface area contributed by atoms with Gasteiger partial charge in [-0.3, -0.25) is 0 Å². The lowest BCUT2D eigenvalue weighted by atomic mass is 10.2. The highest BCUT2D eigenvalue weighted by molar-refractivity contribution is 6.30. The summed E-state index contributed by atoms with van der Waals surface area (Å²) in [5.41, 5.74) is 0.242. The molecule has 4 nitrogen and oxygen atoms in total. The maximum Gasteiger partial charge on any atom is 0.343 e. The van der Waals surface area contributed by atoms with E-state index >= 15 is 0 Å². The van der Waals surface area contributed by atoms with E-state index < -0.39 is 17.5 Å². The van der Waals surface area contributed by atoms with Gasteiger partial charge in [-0.2, -0.15) is 0 Å². The fraction of sp³-hybridized carbons (Fsp3) is 0. The van der Waals surface area contributed by atoms with Gasteiger partial charge in [0.2, 0.25) is 0 Å². The Labute approximate surface area is 114 Å². The maximum absolute atomic E-state index is 10.5. The van der Waals surface area contributed by atoms with E-state index in [-0.39, 0.29) is 0 Å². The van der Waals surface area contributed by atoms with E-state index in [2.05, 4.69) is 0 Å². The third kappa shape index (κ3) is 5.23. The first-order chi connectivity index (χ1) is 9.00. The third-order valence-electron chi connectivity index (χ3n) is 2.10. The molecular weight excluding hydrogens is 268 g/mol. The second kappa shape index (κ2) is 7.18. The highest BCUT2D eigenvalue weighted by atomic mass is 35.5. The Bertz CT molecular complexity index is 537. The highest BCUT2D eigenvalue weighted by Gasteiger charge is 2.13. The van der Waals surface area contributed by atoms with E-state index in [1.165, 1.54) is 6.08 Å². The predicted molar refractivity (Wildman–Crippen MR) is 73.0 cm³/mol. The van der Waals surface area contributed by atoms with E-state index in [4.69, 9.17) is 21.8 Å². The molecule has 2 N–H and O–H groups in total. The van der Waals surface area contributed by atoms with Crippen molar-refractivity contribution in [2.75, 3.05) is 0 Å². The van der Waals surface area contributed by atoms with Gasteiger partial charge in [-0.25, -0.2) is 9.59 Å². The van der Waals surface area contributed by atoms with Gasteiger partial charge in [0.25, 0.3) is 0 Å². The number of carbonyl (C=O) groups is 2. The molecule has 1 aromatic carbocycles. The van der Waals surface area contributed by atoms with Crippen LogP contribution in [0.3, 0.4) is 0 Å². The van der Waals surface area contributed by atoms with Crippen LogP contribution >= 0.6 is 11.6 Å². The summed E-state index contributed by atoms with van der Waals surface area (Å²) < 4.78 is 0. The normalized spacial score (nSPS) is 10.8. The van der Waals surface area contributed by atoms with Gasteiger partial charge in [-0.05, 0) is 23.8 Å². The first kappa shape index (κ1) is 14.7. The van der Waals surface area contributed by atoms with Gasteiger partial charge in [0.05, 0.1) is 0 Å². The molecule has 0 saturated heterocycles. The van der Waals surface area contributed by atoms with E-state index in [1.807, 2.05) is 12.1 Å². The molecule has 0 saturated carbocycles. The Morgan fingerprint density at radius 3 is 2.05 bits per heavy atom. The van der Waals surface area contributed by atoms with E-state index in [0.717, 1.165) is 11.6 Å². The zero-order chi connectivity index (χ0) is 14.3. The molecule has 0 aliphatic rings. The van der Waals surface area contributed by atoms with Gasteiger partial charge in [0.15, 0.2) is 0 Å². The van der Waals surface area contributed by atoms with Crippen LogP contribution < -0.4 is 0 Å². The van der Waals surface area contributed by atoms with Crippen molar-refractivity contribution in [2.24, 2.45) is 0 Å². The summed E-state index contributed by atoms with van der Waals surface area (Å²) in [6.07, 6.45) is 7.37. The number of allylic oxidation sites excluding steroid dienone is 4. The van der Waals surface area contributed by atoms with Gasteiger partial charge < -0.3 is 10.2 Å². The molecule has 19 heavy (non-hydrogen) atoms. The van der Waals surface area contributed by atoms with Crippen LogP contribution in [0.4, 0.5) is 0 Å². The van der Waals surface area contributed by atoms with Crippen molar-refractivity contribution in [1.82, 2.24) is 0 Å². The fourth-order valence-electron chi connectivity index (χ4n) is 1.19. The molecule has 0 amide bonds. The standard InChI is InChI=1S/C14H11ClO4/c15-11-8-6-10(7-9-11)4-2-1-3-5-12(13(16)17)14(18)19/h1-9H,(H,16,17)(H,18,19). The van der Waals surface area contributed by atoms with Crippen molar-refractivity contribution < 1.29 is 19.8 Å². The zero-order valence-electron chi connectivity index (χ0n) is 9.79. The number of benzene rings is 1. The van der Waals surface area contributed by atoms with Gasteiger partial charge in [0, 0.05) is 5.02 Å². The second-order valence-electron chi connectivity index (χ2n) is 3.49. The van der Waals surface area contributed by atoms with E-state index in [1.54, 1.807) is 30.4 Å².